The highest BCUT2D eigenvalue weighted by atomic mass is 79.9. The van der Waals surface area contributed by atoms with Gasteiger partial charge < -0.3 is 10.0 Å². The lowest BCUT2D eigenvalue weighted by Crippen LogP contribution is -2.35. The molecule has 92 valence electrons. The van der Waals surface area contributed by atoms with Gasteiger partial charge in [0.1, 0.15) is 0 Å². The SMILES string of the molecule is CC1CCCN(c2ccc(Br)cc2C(=O)O)C1. The molecule has 0 amide bonds. The van der Waals surface area contributed by atoms with Gasteiger partial charge in [-0.15, -0.1) is 0 Å². The van der Waals surface area contributed by atoms with Crippen LogP contribution in [-0.4, -0.2) is 24.2 Å². The molecule has 1 aliphatic rings. The van der Waals surface area contributed by atoms with Crippen LogP contribution in [0.3, 0.4) is 0 Å². The first-order chi connectivity index (χ1) is 8.08. The third-order valence-electron chi connectivity index (χ3n) is 3.19. The Labute approximate surface area is 110 Å². The minimum absolute atomic E-state index is 0.383. The lowest BCUT2D eigenvalue weighted by molar-refractivity contribution is 0.0697. The third kappa shape index (κ3) is 2.80. The Morgan fingerprint density at radius 1 is 1.53 bits per heavy atom. The number of nitrogens with zero attached hydrogens (tertiary/aromatic N) is 1. The summed E-state index contributed by atoms with van der Waals surface area (Å²) in [7, 11) is 0. The van der Waals surface area contributed by atoms with E-state index in [0.29, 0.717) is 11.5 Å². The Morgan fingerprint density at radius 2 is 2.29 bits per heavy atom. The molecule has 0 radical (unpaired) electrons. The van der Waals surface area contributed by atoms with Gasteiger partial charge in [0.05, 0.1) is 11.3 Å². The summed E-state index contributed by atoms with van der Waals surface area (Å²) in [5.41, 5.74) is 1.22. The Kier molecular flexibility index (Phi) is 3.72. The van der Waals surface area contributed by atoms with Crippen molar-refractivity contribution in [3.8, 4) is 0 Å². The Bertz CT molecular complexity index is 433. The van der Waals surface area contributed by atoms with Crippen molar-refractivity contribution in [3.05, 3.63) is 28.2 Å². The predicted octanol–water partition coefficient (Wildman–Crippen LogP) is 3.38. The molecule has 1 fully saturated rings. The standard InChI is InChI=1S/C13H16BrNO2/c1-9-3-2-6-15(8-9)12-5-4-10(14)7-11(12)13(16)17/h4-5,7,9H,2-3,6,8H2,1H3,(H,16,17). The Morgan fingerprint density at radius 3 is 2.94 bits per heavy atom. The van der Waals surface area contributed by atoms with Gasteiger partial charge in [-0.1, -0.05) is 22.9 Å². The molecule has 1 unspecified atom stereocenters. The molecule has 0 spiro atoms. The van der Waals surface area contributed by atoms with E-state index in [1.54, 1.807) is 6.07 Å². The molecule has 1 N–H and O–H groups in total. The van der Waals surface area contributed by atoms with Crippen molar-refractivity contribution < 1.29 is 9.90 Å². The molecule has 17 heavy (non-hydrogen) atoms. The molecule has 0 aliphatic carbocycles. The smallest absolute Gasteiger partial charge is 0.337 e. The van der Waals surface area contributed by atoms with Crippen LogP contribution >= 0.6 is 15.9 Å². The van der Waals surface area contributed by atoms with Gasteiger partial charge in [0.15, 0.2) is 0 Å². The van der Waals surface area contributed by atoms with E-state index in [1.165, 1.54) is 6.42 Å². The largest absolute Gasteiger partial charge is 0.478 e. The molecule has 1 heterocycles. The van der Waals surface area contributed by atoms with Crippen LogP contribution in [0.2, 0.25) is 0 Å². The van der Waals surface area contributed by atoms with E-state index in [2.05, 4.69) is 27.8 Å². The maximum absolute atomic E-state index is 11.3. The van der Waals surface area contributed by atoms with Gasteiger partial charge >= 0.3 is 5.97 Å². The quantitative estimate of drug-likeness (QED) is 0.910. The number of hydrogen-bond donors (Lipinski definition) is 1. The molecule has 1 atom stereocenters. The molecule has 4 heteroatoms. The lowest BCUT2D eigenvalue weighted by atomic mass is 9.99. The summed E-state index contributed by atoms with van der Waals surface area (Å²) in [5.74, 6) is -0.228. The highest BCUT2D eigenvalue weighted by molar-refractivity contribution is 9.10. The monoisotopic (exact) mass is 297 g/mol. The van der Waals surface area contributed by atoms with Crippen molar-refractivity contribution in [2.75, 3.05) is 18.0 Å². The van der Waals surface area contributed by atoms with Gasteiger partial charge in [-0.2, -0.15) is 0 Å². The highest BCUT2D eigenvalue weighted by Crippen LogP contribution is 2.28. The van der Waals surface area contributed by atoms with E-state index < -0.39 is 5.97 Å². The molecule has 2 rings (SSSR count). The van der Waals surface area contributed by atoms with Crippen molar-refractivity contribution in [2.24, 2.45) is 5.92 Å². The maximum Gasteiger partial charge on any atom is 0.337 e. The first kappa shape index (κ1) is 12.4. The van der Waals surface area contributed by atoms with Crippen molar-refractivity contribution in [1.82, 2.24) is 0 Å². The second kappa shape index (κ2) is 5.08. The van der Waals surface area contributed by atoms with Crippen LogP contribution in [0.5, 0.6) is 0 Å². The second-order valence-electron chi connectivity index (χ2n) is 4.66. The van der Waals surface area contributed by atoms with Gasteiger partial charge in [-0.05, 0) is 37.0 Å². The van der Waals surface area contributed by atoms with Crippen molar-refractivity contribution in [2.45, 2.75) is 19.8 Å². The second-order valence-corrected chi connectivity index (χ2v) is 5.58. The summed E-state index contributed by atoms with van der Waals surface area (Å²) >= 11 is 3.32. The van der Waals surface area contributed by atoms with Crippen molar-refractivity contribution in [1.29, 1.82) is 0 Å². The summed E-state index contributed by atoms with van der Waals surface area (Å²) in [6.07, 6.45) is 2.37. The predicted molar refractivity (Wildman–Crippen MR) is 71.7 cm³/mol. The fraction of sp³-hybridized carbons (Fsp3) is 0.462. The van der Waals surface area contributed by atoms with Gasteiger partial charge in [-0.25, -0.2) is 4.79 Å². The van der Waals surface area contributed by atoms with Crippen molar-refractivity contribution in [3.63, 3.8) is 0 Å². The van der Waals surface area contributed by atoms with Crippen LogP contribution < -0.4 is 4.90 Å². The summed E-state index contributed by atoms with van der Waals surface area (Å²) < 4.78 is 0.809. The minimum atomic E-state index is -0.862. The van der Waals surface area contributed by atoms with E-state index in [-0.39, 0.29) is 0 Å². The lowest BCUT2D eigenvalue weighted by Gasteiger charge is -2.33. The topological polar surface area (TPSA) is 40.5 Å². The summed E-state index contributed by atoms with van der Waals surface area (Å²) in [6.45, 7) is 4.11. The van der Waals surface area contributed by atoms with Crippen LogP contribution in [-0.2, 0) is 0 Å². The molecular formula is C13H16BrNO2. The summed E-state index contributed by atoms with van der Waals surface area (Å²) in [5, 5.41) is 9.24. The first-order valence-electron chi connectivity index (χ1n) is 5.85. The average Bonchev–Trinajstić information content (AvgIpc) is 2.28. The van der Waals surface area contributed by atoms with Gasteiger partial charge in [0.25, 0.3) is 0 Å². The average molecular weight is 298 g/mol. The number of aromatic carboxylic acids is 1. The first-order valence-corrected chi connectivity index (χ1v) is 6.65. The highest BCUT2D eigenvalue weighted by Gasteiger charge is 2.21. The number of anilines is 1. The Hall–Kier alpha value is -1.03. The number of carboxylic acids is 1. The Balaban J connectivity index is 2.33. The molecule has 0 aromatic heterocycles. The zero-order valence-electron chi connectivity index (χ0n) is 9.82. The number of carbonyl (C=O) groups is 1. The van der Waals surface area contributed by atoms with Crippen LogP contribution in [0.25, 0.3) is 0 Å². The number of hydrogen-bond acceptors (Lipinski definition) is 2. The molecule has 1 aromatic carbocycles. The van der Waals surface area contributed by atoms with Crippen LogP contribution in [0.1, 0.15) is 30.1 Å². The van der Waals surface area contributed by atoms with Crippen LogP contribution in [0.15, 0.2) is 22.7 Å². The number of carboxylic acid groups (broad SMARTS) is 1. The van der Waals surface area contributed by atoms with Crippen molar-refractivity contribution >= 4 is 27.6 Å². The van der Waals surface area contributed by atoms with Crippen LogP contribution in [0.4, 0.5) is 5.69 Å². The van der Waals surface area contributed by atoms with E-state index in [4.69, 9.17) is 0 Å². The van der Waals surface area contributed by atoms with Gasteiger partial charge in [-0.3, -0.25) is 0 Å². The molecule has 1 aliphatic heterocycles. The fourth-order valence-corrected chi connectivity index (χ4v) is 2.72. The van der Waals surface area contributed by atoms with E-state index in [9.17, 15) is 9.90 Å². The maximum atomic E-state index is 11.3. The number of rotatable bonds is 2. The van der Waals surface area contributed by atoms with E-state index in [0.717, 1.165) is 29.7 Å². The minimum Gasteiger partial charge on any atom is -0.478 e. The van der Waals surface area contributed by atoms with Gasteiger partial charge in [0, 0.05) is 17.6 Å². The van der Waals surface area contributed by atoms with E-state index in [1.807, 2.05) is 12.1 Å². The molecule has 0 saturated carbocycles. The third-order valence-corrected chi connectivity index (χ3v) is 3.68. The van der Waals surface area contributed by atoms with E-state index >= 15 is 0 Å². The zero-order valence-corrected chi connectivity index (χ0v) is 11.4. The molecule has 1 saturated heterocycles. The molecule has 3 nitrogen and oxygen atoms in total. The molecular weight excluding hydrogens is 282 g/mol. The van der Waals surface area contributed by atoms with Gasteiger partial charge in [0.2, 0.25) is 0 Å². The number of piperidine rings is 1. The summed E-state index contributed by atoms with van der Waals surface area (Å²) in [6, 6.07) is 5.48. The van der Waals surface area contributed by atoms with Crippen LogP contribution in [0, 0.1) is 5.92 Å². The number of halogens is 1. The molecule has 1 aromatic rings. The number of benzene rings is 1. The fourth-order valence-electron chi connectivity index (χ4n) is 2.36. The summed E-state index contributed by atoms with van der Waals surface area (Å²) in [4.78, 5) is 13.4. The molecule has 0 bridgehead atoms. The normalized spacial score (nSPS) is 20.4. The zero-order chi connectivity index (χ0) is 12.4.